The molecule has 11 heteroatoms. The number of carbonyl (C=O) groups is 3. The van der Waals surface area contributed by atoms with Crippen molar-refractivity contribution in [3.8, 4) is 5.75 Å². The van der Waals surface area contributed by atoms with Gasteiger partial charge in [-0.15, -0.1) is 0 Å². The number of piperidine rings is 1. The van der Waals surface area contributed by atoms with Crippen LogP contribution in [-0.2, 0) is 33.1 Å². The van der Waals surface area contributed by atoms with Crippen LogP contribution in [0.2, 0.25) is 0 Å². The predicted octanol–water partition coefficient (Wildman–Crippen LogP) is 0.769. The normalized spacial score (nSPS) is 24.6. The summed E-state index contributed by atoms with van der Waals surface area (Å²) in [6.45, 7) is 3.36. The van der Waals surface area contributed by atoms with Gasteiger partial charge in [0.05, 0.1) is 18.8 Å². The Labute approximate surface area is 208 Å². The first kappa shape index (κ1) is 24.4. The largest absolute Gasteiger partial charge is 0.488 e. The fourth-order valence-corrected chi connectivity index (χ4v) is 4.90. The van der Waals surface area contributed by atoms with Crippen LogP contribution in [0, 0.1) is 5.82 Å². The molecule has 3 aliphatic heterocycles. The maximum absolute atomic E-state index is 14.8. The third-order valence-electron chi connectivity index (χ3n) is 6.74. The Morgan fingerprint density at radius 1 is 1.19 bits per heavy atom. The van der Waals surface area contributed by atoms with Crippen molar-refractivity contribution in [2.45, 2.75) is 37.7 Å². The number of halogens is 1. The molecule has 5 rings (SSSR count). The van der Waals surface area contributed by atoms with E-state index in [1.165, 1.54) is 18.2 Å². The van der Waals surface area contributed by atoms with E-state index in [1.807, 2.05) is 6.07 Å². The highest BCUT2D eigenvalue weighted by atomic mass is 19.1. The fraction of sp³-hybridized carbons (Fsp3) is 0.400. The number of hydrogen-bond donors (Lipinski definition) is 2. The van der Waals surface area contributed by atoms with Crippen LogP contribution in [0.4, 0.5) is 4.39 Å². The van der Waals surface area contributed by atoms with Crippen molar-refractivity contribution in [2.24, 2.45) is 0 Å². The minimum absolute atomic E-state index is 0.0101. The van der Waals surface area contributed by atoms with Gasteiger partial charge in [-0.1, -0.05) is 18.2 Å². The Morgan fingerprint density at radius 3 is 2.69 bits per heavy atom. The van der Waals surface area contributed by atoms with Gasteiger partial charge in [-0.25, -0.2) is 4.39 Å². The smallest absolute Gasteiger partial charge is 0.256 e. The van der Waals surface area contributed by atoms with E-state index < -0.39 is 35.2 Å². The van der Waals surface area contributed by atoms with Crippen molar-refractivity contribution in [1.82, 2.24) is 15.1 Å². The summed E-state index contributed by atoms with van der Waals surface area (Å²) in [5.41, 5.74) is -1.16. The molecule has 3 heterocycles. The standard InChI is InChI=1S/C25H25BFN3O6/c26-25(34)22-17(24(33)30(25)19-6-7-21(31)28-23(19)32)2-1-3-20(22)36-14-16-5-4-15(12-18(16)27)13-29-8-10-35-11-9-29/h1-5,12,19,34H,6-11,13-14H2,(H,28,31,32). The van der Waals surface area contributed by atoms with E-state index >= 15 is 0 Å². The number of morpholine rings is 1. The zero-order valence-corrected chi connectivity index (χ0v) is 19.5. The third kappa shape index (κ3) is 4.49. The average Bonchev–Trinajstić information content (AvgIpc) is 3.05. The van der Waals surface area contributed by atoms with Gasteiger partial charge in [0.1, 0.15) is 29.8 Å². The van der Waals surface area contributed by atoms with Crippen LogP contribution in [0.5, 0.6) is 5.75 Å². The zero-order chi connectivity index (χ0) is 25.4. The van der Waals surface area contributed by atoms with Gasteiger partial charge >= 0.3 is 0 Å². The molecule has 0 aromatic heterocycles. The van der Waals surface area contributed by atoms with E-state index in [0.717, 1.165) is 23.6 Å². The molecular formula is C25H25BFN3O6. The molecule has 2 saturated heterocycles. The predicted molar refractivity (Wildman–Crippen MR) is 125 cm³/mol. The fourth-order valence-electron chi connectivity index (χ4n) is 4.90. The zero-order valence-electron chi connectivity index (χ0n) is 19.5. The van der Waals surface area contributed by atoms with Crippen molar-refractivity contribution in [3.63, 3.8) is 0 Å². The molecule has 0 aliphatic carbocycles. The second-order valence-corrected chi connectivity index (χ2v) is 9.15. The first-order valence-electron chi connectivity index (χ1n) is 11.8. The van der Waals surface area contributed by atoms with Crippen molar-refractivity contribution in [2.75, 3.05) is 26.3 Å². The lowest BCUT2D eigenvalue weighted by atomic mass is 9.82. The number of fused-ring (bicyclic) bond motifs is 1. The lowest BCUT2D eigenvalue weighted by Crippen LogP contribution is -2.59. The first-order chi connectivity index (χ1) is 17.3. The molecule has 2 radical (unpaired) electrons. The monoisotopic (exact) mass is 493 g/mol. The van der Waals surface area contributed by atoms with Crippen LogP contribution in [0.25, 0.3) is 0 Å². The Bertz CT molecular complexity index is 1220. The van der Waals surface area contributed by atoms with E-state index in [1.54, 1.807) is 12.1 Å². The number of imide groups is 1. The summed E-state index contributed by atoms with van der Waals surface area (Å²) in [4.78, 5) is 40.1. The molecule has 9 nitrogen and oxygen atoms in total. The Morgan fingerprint density at radius 2 is 1.97 bits per heavy atom. The first-order valence-corrected chi connectivity index (χ1v) is 11.8. The summed E-state index contributed by atoms with van der Waals surface area (Å²) in [6, 6.07) is 8.36. The summed E-state index contributed by atoms with van der Waals surface area (Å²) >= 11 is 0. The highest BCUT2D eigenvalue weighted by Gasteiger charge is 2.52. The number of hydrogen-bond acceptors (Lipinski definition) is 7. The topological polar surface area (TPSA) is 108 Å². The van der Waals surface area contributed by atoms with Crippen LogP contribution in [0.15, 0.2) is 36.4 Å². The Balaban J connectivity index is 1.33. The van der Waals surface area contributed by atoms with Crippen molar-refractivity contribution >= 4 is 25.6 Å². The van der Waals surface area contributed by atoms with Crippen LogP contribution in [0.3, 0.4) is 0 Å². The maximum atomic E-state index is 14.8. The summed E-state index contributed by atoms with van der Waals surface area (Å²) in [7, 11) is 6.19. The number of rotatable bonds is 6. The highest BCUT2D eigenvalue weighted by Crippen LogP contribution is 2.43. The molecule has 0 bridgehead atoms. The summed E-state index contributed by atoms with van der Waals surface area (Å²) < 4.78 is 26.0. The molecule has 0 spiro atoms. The second-order valence-electron chi connectivity index (χ2n) is 9.15. The van der Waals surface area contributed by atoms with Gasteiger partial charge in [0, 0.05) is 37.2 Å². The summed E-state index contributed by atoms with van der Waals surface area (Å²) in [5, 5.41) is 13.4. The highest BCUT2D eigenvalue weighted by molar-refractivity contribution is 6.21. The quantitative estimate of drug-likeness (QED) is 0.452. The molecule has 2 aromatic carbocycles. The lowest BCUT2D eigenvalue weighted by molar-refractivity contribution is -0.141. The van der Waals surface area contributed by atoms with Gasteiger partial charge in [-0.2, -0.15) is 0 Å². The number of nitrogens with one attached hydrogen (secondary N) is 1. The molecule has 2 aromatic rings. The van der Waals surface area contributed by atoms with Crippen molar-refractivity contribution in [3.05, 3.63) is 64.5 Å². The van der Waals surface area contributed by atoms with Crippen molar-refractivity contribution in [1.29, 1.82) is 0 Å². The van der Waals surface area contributed by atoms with Gasteiger partial charge in [0.2, 0.25) is 11.8 Å². The third-order valence-corrected chi connectivity index (χ3v) is 6.74. The molecule has 3 aliphatic rings. The number of benzene rings is 2. The van der Waals surface area contributed by atoms with E-state index in [0.29, 0.717) is 25.3 Å². The van der Waals surface area contributed by atoms with Gasteiger partial charge in [0.25, 0.3) is 5.91 Å². The van der Waals surface area contributed by atoms with E-state index in [4.69, 9.17) is 17.3 Å². The van der Waals surface area contributed by atoms with Crippen LogP contribution >= 0.6 is 0 Å². The molecular weight excluding hydrogens is 468 g/mol. The SMILES string of the molecule is [B]C1(O)c2c(OCc3ccc(CN4CCOCC4)cc3F)cccc2C(=O)N1C1CCC(=O)NC1=O. The average molecular weight is 493 g/mol. The number of amides is 3. The maximum Gasteiger partial charge on any atom is 0.256 e. The van der Waals surface area contributed by atoms with Crippen LogP contribution in [0.1, 0.15) is 39.9 Å². The van der Waals surface area contributed by atoms with Crippen molar-refractivity contribution < 1.29 is 33.4 Å². The van der Waals surface area contributed by atoms with Gasteiger partial charge < -0.3 is 19.5 Å². The molecule has 2 N–H and O–H groups in total. The molecule has 36 heavy (non-hydrogen) atoms. The lowest BCUT2D eigenvalue weighted by Gasteiger charge is -2.38. The van der Waals surface area contributed by atoms with Crippen LogP contribution in [-0.4, -0.2) is 72.8 Å². The Hall–Kier alpha value is -3.28. The molecule has 0 saturated carbocycles. The minimum Gasteiger partial charge on any atom is -0.488 e. The summed E-state index contributed by atoms with van der Waals surface area (Å²) in [6.07, 6.45) is 0.0406. The Kier molecular flexibility index (Phi) is 6.54. The van der Waals surface area contributed by atoms with Gasteiger partial charge in [-0.3, -0.25) is 24.6 Å². The number of nitrogens with zero attached hydrogens (tertiary/aromatic N) is 2. The van der Waals surface area contributed by atoms with E-state index in [9.17, 15) is 23.9 Å². The molecule has 2 atom stereocenters. The van der Waals surface area contributed by atoms with Gasteiger partial charge in [0.15, 0.2) is 7.85 Å². The number of aliphatic hydroxyl groups is 1. The minimum atomic E-state index is -2.36. The summed E-state index contributed by atoms with van der Waals surface area (Å²) in [5.74, 6) is -2.16. The van der Waals surface area contributed by atoms with E-state index in [2.05, 4.69) is 10.2 Å². The number of carbonyl (C=O) groups excluding carboxylic acids is 3. The number of ether oxygens (including phenoxy) is 2. The van der Waals surface area contributed by atoms with E-state index in [-0.39, 0.29) is 36.3 Å². The molecule has 186 valence electrons. The molecule has 2 fully saturated rings. The van der Waals surface area contributed by atoms with Gasteiger partial charge in [-0.05, 0) is 30.2 Å². The second kappa shape index (κ2) is 9.64. The van der Waals surface area contributed by atoms with Crippen LogP contribution < -0.4 is 10.1 Å². The molecule has 3 amide bonds. The molecule has 2 unspecified atom stereocenters.